The van der Waals surface area contributed by atoms with Crippen LogP contribution in [-0.4, -0.2) is 43.3 Å². The van der Waals surface area contributed by atoms with E-state index >= 15 is 0 Å². The molecule has 3 heteroatoms. The molecule has 0 amide bonds. The first-order valence-electron chi connectivity index (χ1n) is 6.58. The van der Waals surface area contributed by atoms with Crippen molar-refractivity contribution in [2.45, 2.75) is 45.7 Å². The Morgan fingerprint density at radius 2 is 2.12 bits per heavy atom. The van der Waals surface area contributed by atoms with Crippen LogP contribution in [0.1, 0.15) is 33.6 Å². The fraction of sp³-hybridized carbons (Fsp3) is 1.00. The van der Waals surface area contributed by atoms with Crippen molar-refractivity contribution < 1.29 is 4.74 Å². The van der Waals surface area contributed by atoms with Crippen LogP contribution in [0.3, 0.4) is 0 Å². The largest absolute Gasteiger partial charge is 0.379 e. The van der Waals surface area contributed by atoms with Crippen LogP contribution in [0.2, 0.25) is 0 Å². The van der Waals surface area contributed by atoms with Gasteiger partial charge in [-0.2, -0.15) is 0 Å². The molecule has 2 unspecified atom stereocenters. The zero-order valence-electron chi connectivity index (χ0n) is 10.9. The highest BCUT2D eigenvalue weighted by molar-refractivity contribution is 4.96. The molecule has 1 saturated heterocycles. The summed E-state index contributed by atoms with van der Waals surface area (Å²) in [4.78, 5) is 2.64. The van der Waals surface area contributed by atoms with Gasteiger partial charge in [0, 0.05) is 30.6 Å². The van der Waals surface area contributed by atoms with Crippen LogP contribution >= 0.6 is 0 Å². The lowest BCUT2D eigenvalue weighted by molar-refractivity contribution is 0.108. The van der Waals surface area contributed by atoms with Crippen LogP contribution in [-0.2, 0) is 4.74 Å². The SMILES string of the molecule is CC(C)CN(CC1(C)COCC1N)C1CC1. The number of nitrogens with two attached hydrogens (primary N) is 1. The minimum Gasteiger partial charge on any atom is -0.379 e. The maximum atomic E-state index is 6.16. The van der Waals surface area contributed by atoms with Gasteiger partial charge in [0.1, 0.15) is 0 Å². The van der Waals surface area contributed by atoms with Gasteiger partial charge in [-0.15, -0.1) is 0 Å². The average molecular weight is 226 g/mol. The zero-order valence-corrected chi connectivity index (χ0v) is 10.9. The molecule has 2 atom stereocenters. The Hall–Kier alpha value is -0.120. The molecule has 0 aromatic carbocycles. The second-order valence-electron chi connectivity index (χ2n) is 6.33. The summed E-state index contributed by atoms with van der Waals surface area (Å²) in [5, 5.41) is 0. The summed E-state index contributed by atoms with van der Waals surface area (Å²) < 4.78 is 5.53. The molecule has 1 aliphatic carbocycles. The number of hydrogen-bond donors (Lipinski definition) is 1. The van der Waals surface area contributed by atoms with Gasteiger partial charge in [-0.1, -0.05) is 20.8 Å². The maximum absolute atomic E-state index is 6.16. The van der Waals surface area contributed by atoms with Gasteiger partial charge in [-0.05, 0) is 18.8 Å². The van der Waals surface area contributed by atoms with E-state index in [1.165, 1.54) is 19.4 Å². The van der Waals surface area contributed by atoms with E-state index in [4.69, 9.17) is 10.5 Å². The van der Waals surface area contributed by atoms with Crippen molar-refractivity contribution >= 4 is 0 Å². The Morgan fingerprint density at radius 1 is 1.44 bits per heavy atom. The highest BCUT2D eigenvalue weighted by Gasteiger charge is 2.41. The first-order valence-corrected chi connectivity index (χ1v) is 6.58. The Balaban J connectivity index is 1.93. The Bertz CT molecular complexity index is 240. The molecule has 16 heavy (non-hydrogen) atoms. The average Bonchev–Trinajstić information content (AvgIpc) is 2.94. The highest BCUT2D eigenvalue weighted by Crippen LogP contribution is 2.34. The van der Waals surface area contributed by atoms with Gasteiger partial charge in [0.2, 0.25) is 0 Å². The van der Waals surface area contributed by atoms with Crippen molar-refractivity contribution in [2.75, 3.05) is 26.3 Å². The van der Waals surface area contributed by atoms with Crippen LogP contribution in [0.25, 0.3) is 0 Å². The van der Waals surface area contributed by atoms with Crippen LogP contribution < -0.4 is 5.73 Å². The molecule has 2 fully saturated rings. The van der Waals surface area contributed by atoms with E-state index in [9.17, 15) is 0 Å². The Labute approximate surface area is 99.3 Å². The van der Waals surface area contributed by atoms with E-state index in [-0.39, 0.29) is 11.5 Å². The van der Waals surface area contributed by atoms with Gasteiger partial charge in [0.05, 0.1) is 13.2 Å². The Kier molecular flexibility index (Phi) is 3.57. The molecule has 2 aliphatic rings. The lowest BCUT2D eigenvalue weighted by atomic mass is 9.85. The molecule has 0 spiro atoms. The molecule has 2 rings (SSSR count). The minimum absolute atomic E-state index is 0.164. The van der Waals surface area contributed by atoms with E-state index in [0.29, 0.717) is 0 Å². The first kappa shape index (κ1) is 12.3. The molecular weight excluding hydrogens is 200 g/mol. The molecule has 1 heterocycles. The third kappa shape index (κ3) is 2.76. The quantitative estimate of drug-likeness (QED) is 0.771. The fourth-order valence-corrected chi connectivity index (χ4v) is 2.61. The molecule has 1 aliphatic heterocycles. The van der Waals surface area contributed by atoms with Gasteiger partial charge in [0.15, 0.2) is 0 Å². The summed E-state index contributed by atoms with van der Waals surface area (Å²) in [6.07, 6.45) is 2.75. The van der Waals surface area contributed by atoms with Crippen molar-refractivity contribution in [3.63, 3.8) is 0 Å². The molecule has 0 aromatic rings. The molecule has 0 bridgehead atoms. The second kappa shape index (κ2) is 4.63. The molecule has 0 radical (unpaired) electrons. The van der Waals surface area contributed by atoms with Crippen molar-refractivity contribution in [1.82, 2.24) is 4.90 Å². The third-order valence-electron chi connectivity index (χ3n) is 3.85. The van der Waals surface area contributed by atoms with E-state index in [2.05, 4.69) is 25.7 Å². The summed E-state index contributed by atoms with van der Waals surface area (Å²) in [6.45, 7) is 10.7. The number of rotatable bonds is 5. The van der Waals surface area contributed by atoms with Crippen LogP contribution in [0.15, 0.2) is 0 Å². The third-order valence-corrected chi connectivity index (χ3v) is 3.85. The molecule has 0 aromatic heterocycles. The van der Waals surface area contributed by atoms with Gasteiger partial charge < -0.3 is 10.5 Å². The molecule has 94 valence electrons. The number of nitrogens with zero attached hydrogens (tertiary/aromatic N) is 1. The summed E-state index contributed by atoms with van der Waals surface area (Å²) >= 11 is 0. The fourth-order valence-electron chi connectivity index (χ4n) is 2.61. The molecular formula is C13H26N2O. The monoisotopic (exact) mass is 226 g/mol. The van der Waals surface area contributed by atoms with E-state index in [1.807, 2.05) is 0 Å². The summed E-state index contributed by atoms with van der Waals surface area (Å²) in [7, 11) is 0. The Morgan fingerprint density at radius 3 is 2.56 bits per heavy atom. The van der Waals surface area contributed by atoms with Crippen molar-refractivity contribution in [1.29, 1.82) is 0 Å². The van der Waals surface area contributed by atoms with Gasteiger partial charge in [0.25, 0.3) is 0 Å². The highest BCUT2D eigenvalue weighted by atomic mass is 16.5. The van der Waals surface area contributed by atoms with Gasteiger partial charge in [-0.25, -0.2) is 0 Å². The molecule has 3 nitrogen and oxygen atoms in total. The van der Waals surface area contributed by atoms with E-state index in [1.54, 1.807) is 0 Å². The second-order valence-corrected chi connectivity index (χ2v) is 6.33. The van der Waals surface area contributed by atoms with Crippen molar-refractivity contribution in [3.8, 4) is 0 Å². The van der Waals surface area contributed by atoms with E-state index < -0.39 is 0 Å². The van der Waals surface area contributed by atoms with Gasteiger partial charge >= 0.3 is 0 Å². The summed E-state index contributed by atoms with van der Waals surface area (Å²) in [5.41, 5.74) is 6.33. The lowest BCUT2D eigenvalue weighted by Gasteiger charge is -2.35. The first-order chi connectivity index (χ1) is 7.51. The molecule has 2 N–H and O–H groups in total. The summed E-state index contributed by atoms with van der Waals surface area (Å²) in [5.74, 6) is 0.739. The van der Waals surface area contributed by atoms with Crippen molar-refractivity contribution in [2.24, 2.45) is 17.1 Å². The minimum atomic E-state index is 0.164. The van der Waals surface area contributed by atoms with E-state index in [0.717, 1.165) is 31.7 Å². The van der Waals surface area contributed by atoms with Gasteiger partial charge in [-0.3, -0.25) is 4.90 Å². The predicted octanol–water partition coefficient (Wildman–Crippen LogP) is 1.47. The van der Waals surface area contributed by atoms with Crippen LogP contribution in [0, 0.1) is 11.3 Å². The molecule has 1 saturated carbocycles. The van der Waals surface area contributed by atoms with Crippen LogP contribution in [0.5, 0.6) is 0 Å². The standard InChI is InChI=1S/C13H26N2O/c1-10(2)6-15(11-4-5-11)8-13(3)9-16-7-12(13)14/h10-12H,4-9,14H2,1-3H3. The zero-order chi connectivity index (χ0) is 11.8. The normalized spacial score (nSPS) is 35.2. The van der Waals surface area contributed by atoms with Crippen LogP contribution in [0.4, 0.5) is 0 Å². The topological polar surface area (TPSA) is 38.5 Å². The lowest BCUT2D eigenvalue weighted by Crippen LogP contribution is -2.48. The maximum Gasteiger partial charge on any atom is 0.0624 e. The summed E-state index contributed by atoms with van der Waals surface area (Å²) in [6, 6.07) is 1.04. The number of ether oxygens (including phenoxy) is 1. The smallest absolute Gasteiger partial charge is 0.0624 e. The van der Waals surface area contributed by atoms with Crippen molar-refractivity contribution in [3.05, 3.63) is 0 Å². The predicted molar refractivity (Wildman–Crippen MR) is 66.3 cm³/mol. The number of hydrogen-bond acceptors (Lipinski definition) is 3.